The molecule has 140 valence electrons. The molecule has 2 rings (SSSR count). The molecule has 1 aromatic rings. The van der Waals surface area contributed by atoms with Gasteiger partial charge in [0.25, 0.3) is 0 Å². The van der Waals surface area contributed by atoms with Crippen molar-refractivity contribution in [3.05, 3.63) is 18.3 Å². The summed E-state index contributed by atoms with van der Waals surface area (Å²) < 4.78 is 28.2. The number of anilines is 1. The standard InChI is InChI=1S/C17H27N3O4S/c1-17(2,3)24-16(21)19-10-12-6-5-7-14(12)20-13-8-9-15(18-11-13)25(4,22)23/h8-9,11-12,14,20H,5-7,10H2,1-4H3,(H,19,21). The lowest BCUT2D eigenvalue weighted by atomic mass is 10.0. The van der Waals surface area contributed by atoms with Crippen molar-refractivity contribution in [2.75, 3.05) is 18.1 Å². The summed E-state index contributed by atoms with van der Waals surface area (Å²) in [4.78, 5) is 15.8. The van der Waals surface area contributed by atoms with Crippen molar-refractivity contribution in [3.8, 4) is 0 Å². The fourth-order valence-electron chi connectivity index (χ4n) is 2.90. The van der Waals surface area contributed by atoms with Crippen LogP contribution >= 0.6 is 0 Å². The van der Waals surface area contributed by atoms with E-state index >= 15 is 0 Å². The van der Waals surface area contributed by atoms with Crippen molar-refractivity contribution in [1.82, 2.24) is 10.3 Å². The Morgan fingerprint density at radius 3 is 2.60 bits per heavy atom. The summed E-state index contributed by atoms with van der Waals surface area (Å²) in [6, 6.07) is 3.43. The fourth-order valence-corrected chi connectivity index (χ4v) is 3.46. The molecule has 0 bridgehead atoms. The average molecular weight is 369 g/mol. The molecule has 0 saturated heterocycles. The number of pyridine rings is 1. The first-order valence-corrected chi connectivity index (χ1v) is 10.3. The maximum atomic E-state index is 11.8. The van der Waals surface area contributed by atoms with Gasteiger partial charge in [0.1, 0.15) is 5.60 Å². The number of hydrogen-bond donors (Lipinski definition) is 2. The van der Waals surface area contributed by atoms with E-state index in [0.29, 0.717) is 12.5 Å². The van der Waals surface area contributed by atoms with Gasteiger partial charge in [-0.3, -0.25) is 0 Å². The maximum absolute atomic E-state index is 11.8. The minimum absolute atomic E-state index is 0.0626. The number of nitrogens with one attached hydrogen (secondary N) is 2. The largest absolute Gasteiger partial charge is 0.444 e. The summed E-state index contributed by atoms with van der Waals surface area (Å²) in [5.74, 6) is 0.294. The summed E-state index contributed by atoms with van der Waals surface area (Å²) in [7, 11) is -3.29. The van der Waals surface area contributed by atoms with Gasteiger partial charge in [0.05, 0.1) is 11.9 Å². The highest BCUT2D eigenvalue weighted by Gasteiger charge is 2.28. The topological polar surface area (TPSA) is 97.4 Å². The molecule has 0 spiro atoms. The monoisotopic (exact) mass is 369 g/mol. The van der Waals surface area contributed by atoms with Gasteiger partial charge in [-0.25, -0.2) is 18.2 Å². The van der Waals surface area contributed by atoms with E-state index < -0.39 is 21.5 Å². The maximum Gasteiger partial charge on any atom is 0.407 e. The SMILES string of the molecule is CC(C)(C)OC(=O)NCC1CCCC1Nc1ccc(S(C)(=O)=O)nc1. The van der Waals surface area contributed by atoms with Crippen LogP contribution in [0.15, 0.2) is 23.4 Å². The van der Waals surface area contributed by atoms with Gasteiger partial charge in [0.15, 0.2) is 14.9 Å². The molecule has 1 saturated carbocycles. The van der Waals surface area contributed by atoms with Crippen LogP contribution in [0.5, 0.6) is 0 Å². The lowest BCUT2D eigenvalue weighted by Gasteiger charge is -2.24. The van der Waals surface area contributed by atoms with Crippen molar-refractivity contribution in [2.24, 2.45) is 5.92 Å². The first kappa shape index (κ1) is 19.5. The van der Waals surface area contributed by atoms with Crippen LogP contribution in [-0.4, -0.2) is 43.9 Å². The average Bonchev–Trinajstić information content (AvgIpc) is 2.90. The van der Waals surface area contributed by atoms with Crippen LogP contribution in [-0.2, 0) is 14.6 Å². The number of hydrogen-bond acceptors (Lipinski definition) is 6. The van der Waals surface area contributed by atoms with Gasteiger partial charge >= 0.3 is 6.09 Å². The van der Waals surface area contributed by atoms with E-state index in [1.165, 1.54) is 12.3 Å². The molecule has 0 radical (unpaired) electrons. The molecular weight excluding hydrogens is 342 g/mol. The number of carbonyl (C=O) groups excluding carboxylic acids is 1. The lowest BCUT2D eigenvalue weighted by molar-refractivity contribution is 0.0519. The van der Waals surface area contributed by atoms with Crippen molar-refractivity contribution < 1.29 is 17.9 Å². The Hall–Kier alpha value is -1.83. The normalized spacial score (nSPS) is 21.0. The Morgan fingerprint density at radius 1 is 1.32 bits per heavy atom. The van der Waals surface area contributed by atoms with E-state index in [2.05, 4.69) is 15.6 Å². The lowest BCUT2D eigenvalue weighted by Crippen LogP contribution is -2.38. The summed E-state index contributed by atoms with van der Waals surface area (Å²) in [6.45, 7) is 6.04. The highest BCUT2D eigenvalue weighted by atomic mass is 32.2. The van der Waals surface area contributed by atoms with Crippen molar-refractivity contribution in [2.45, 2.75) is 56.7 Å². The molecule has 8 heteroatoms. The smallest absolute Gasteiger partial charge is 0.407 e. The number of carbonyl (C=O) groups is 1. The molecule has 2 unspecified atom stereocenters. The predicted molar refractivity (Wildman–Crippen MR) is 96.3 cm³/mol. The van der Waals surface area contributed by atoms with Crippen molar-refractivity contribution in [3.63, 3.8) is 0 Å². The van der Waals surface area contributed by atoms with E-state index in [9.17, 15) is 13.2 Å². The number of amides is 1. The minimum atomic E-state index is -3.29. The molecule has 1 fully saturated rings. The Labute approximate surface area is 149 Å². The molecule has 1 heterocycles. The summed E-state index contributed by atoms with van der Waals surface area (Å²) in [5.41, 5.74) is 0.270. The van der Waals surface area contributed by atoms with E-state index in [1.807, 2.05) is 20.8 Å². The summed E-state index contributed by atoms with van der Waals surface area (Å²) in [6.07, 6.45) is 5.35. The zero-order valence-corrected chi connectivity index (χ0v) is 16.0. The van der Waals surface area contributed by atoms with E-state index in [4.69, 9.17) is 4.74 Å². The van der Waals surface area contributed by atoms with Crippen LogP contribution in [0.4, 0.5) is 10.5 Å². The number of sulfone groups is 1. The Balaban J connectivity index is 1.90. The molecule has 2 atom stereocenters. The predicted octanol–water partition coefficient (Wildman–Crippen LogP) is 2.59. The van der Waals surface area contributed by atoms with Gasteiger partial charge in [-0.05, 0) is 51.7 Å². The summed E-state index contributed by atoms with van der Waals surface area (Å²) >= 11 is 0. The van der Waals surface area contributed by atoms with Crippen LogP contribution in [0.1, 0.15) is 40.0 Å². The van der Waals surface area contributed by atoms with E-state index in [-0.39, 0.29) is 11.1 Å². The third-order valence-corrected chi connectivity index (χ3v) is 5.04. The second-order valence-electron chi connectivity index (χ2n) is 7.48. The molecule has 7 nitrogen and oxygen atoms in total. The van der Waals surface area contributed by atoms with Crippen LogP contribution in [0.3, 0.4) is 0 Å². The van der Waals surface area contributed by atoms with Crippen LogP contribution in [0.25, 0.3) is 0 Å². The molecule has 1 aliphatic carbocycles. The van der Waals surface area contributed by atoms with Crippen LogP contribution in [0, 0.1) is 5.92 Å². The third-order valence-electron chi connectivity index (χ3n) is 4.03. The van der Waals surface area contributed by atoms with Crippen LogP contribution in [0.2, 0.25) is 0 Å². The zero-order chi connectivity index (χ0) is 18.7. The summed E-state index contributed by atoms with van der Waals surface area (Å²) in [5, 5.41) is 6.28. The Bertz CT molecular complexity index is 696. The first-order valence-electron chi connectivity index (χ1n) is 8.44. The molecular formula is C17H27N3O4S. The number of rotatable bonds is 5. The highest BCUT2D eigenvalue weighted by molar-refractivity contribution is 7.90. The van der Waals surface area contributed by atoms with Gasteiger partial charge in [0.2, 0.25) is 0 Å². The van der Waals surface area contributed by atoms with Crippen molar-refractivity contribution in [1.29, 1.82) is 0 Å². The second kappa shape index (κ2) is 7.59. The molecule has 0 aromatic carbocycles. The highest BCUT2D eigenvalue weighted by Crippen LogP contribution is 2.28. The minimum Gasteiger partial charge on any atom is -0.444 e. The molecule has 2 N–H and O–H groups in total. The molecule has 0 aliphatic heterocycles. The Morgan fingerprint density at radius 2 is 2.04 bits per heavy atom. The number of aromatic nitrogens is 1. The molecule has 1 aromatic heterocycles. The van der Waals surface area contributed by atoms with Gasteiger partial charge < -0.3 is 15.4 Å². The van der Waals surface area contributed by atoms with Gasteiger partial charge in [-0.2, -0.15) is 0 Å². The van der Waals surface area contributed by atoms with Crippen LogP contribution < -0.4 is 10.6 Å². The quantitative estimate of drug-likeness (QED) is 0.828. The number of ether oxygens (including phenoxy) is 1. The number of nitrogens with zero attached hydrogens (tertiary/aromatic N) is 1. The third kappa shape index (κ3) is 6.19. The van der Waals surface area contributed by atoms with Gasteiger partial charge in [-0.1, -0.05) is 6.42 Å². The van der Waals surface area contributed by atoms with E-state index in [1.54, 1.807) is 6.07 Å². The van der Waals surface area contributed by atoms with E-state index in [0.717, 1.165) is 31.2 Å². The van der Waals surface area contributed by atoms with Gasteiger partial charge in [0, 0.05) is 18.8 Å². The molecule has 25 heavy (non-hydrogen) atoms. The van der Waals surface area contributed by atoms with Crippen molar-refractivity contribution >= 4 is 21.6 Å². The second-order valence-corrected chi connectivity index (χ2v) is 9.44. The zero-order valence-electron chi connectivity index (χ0n) is 15.2. The van der Waals surface area contributed by atoms with Gasteiger partial charge in [-0.15, -0.1) is 0 Å². The Kier molecular flexibility index (Phi) is 5.92. The molecule has 1 aliphatic rings. The first-order chi connectivity index (χ1) is 11.5. The molecule has 1 amide bonds. The fraction of sp³-hybridized carbons (Fsp3) is 0.647. The number of alkyl carbamates (subject to hydrolysis) is 1.